The molecule has 0 spiro atoms. The number of nitrogens with one attached hydrogen (secondary N) is 1. The van der Waals surface area contributed by atoms with Crippen molar-refractivity contribution in [1.29, 1.82) is 0 Å². The van der Waals surface area contributed by atoms with E-state index in [-0.39, 0.29) is 6.54 Å². The minimum Gasteiger partial charge on any atom is -0.298 e. The molecule has 2 aromatic heterocycles. The SMILES string of the molecule is O=c1[nH]c2sc(-c3ccccc3)cc2c(=O)n1CCF. The molecule has 20 heavy (non-hydrogen) atoms. The highest BCUT2D eigenvalue weighted by molar-refractivity contribution is 7.21. The van der Waals surface area contributed by atoms with Crippen LogP contribution in [0, 0.1) is 0 Å². The molecule has 0 bridgehead atoms. The Morgan fingerprint density at radius 2 is 1.95 bits per heavy atom. The fraction of sp³-hybridized carbons (Fsp3) is 0.143. The van der Waals surface area contributed by atoms with E-state index in [1.54, 1.807) is 6.07 Å². The minimum absolute atomic E-state index is 0.222. The summed E-state index contributed by atoms with van der Waals surface area (Å²) in [4.78, 5) is 28.0. The largest absolute Gasteiger partial charge is 0.329 e. The van der Waals surface area contributed by atoms with Crippen molar-refractivity contribution in [3.05, 3.63) is 57.2 Å². The first-order valence-electron chi connectivity index (χ1n) is 6.09. The van der Waals surface area contributed by atoms with E-state index in [0.717, 1.165) is 15.0 Å². The first kappa shape index (κ1) is 12.8. The van der Waals surface area contributed by atoms with Crippen LogP contribution < -0.4 is 11.2 Å². The van der Waals surface area contributed by atoms with E-state index >= 15 is 0 Å². The lowest BCUT2D eigenvalue weighted by molar-refractivity contribution is 0.434. The molecule has 3 aromatic rings. The number of aromatic amines is 1. The lowest BCUT2D eigenvalue weighted by Gasteiger charge is -1.99. The number of alkyl halides is 1. The van der Waals surface area contributed by atoms with Gasteiger partial charge in [-0.3, -0.25) is 14.3 Å². The van der Waals surface area contributed by atoms with Gasteiger partial charge in [-0.15, -0.1) is 11.3 Å². The second kappa shape index (κ2) is 5.05. The minimum atomic E-state index is -0.746. The summed E-state index contributed by atoms with van der Waals surface area (Å²) in [6, 6.07) is 11.3. The van der Waals surface area contributed by atoms with Gasteiger partial charge >= 0.3 is 5.69 Å². The van der Waals surface area contributed by atoms with Crippen LogP contribution >= 0.6 is 11.3 Å². The zero-order chi connectivity index (χ0) is 14.1. The zero-order valence-electron chi connectivity index (χ0n) is 10.4. The van der Waals surface area contributed by atoms with Crippen molar-refractivity contribution >= 4 is 21.6 Å². The lowest BCUT2D eigenvalue weighted by Crippen LogP contribution is -2.35. The summed E-state index contributed by atoms with van der Waals surface area (Å²) in [6.45, 7) is -0.967. The summed E-state index contributed by atoms with van der Waals surface area (Å²) in [5.41, 5.74) is -0.0348. The van der Waals surface area contributed by atoms with Crippen molar-refractivity contribution in [2.24, 2.45) is 0 Å². The molecule has 0 aliphatic heterocycles. The summed E-state index contributed by atoms with van der Waals surface area (Å²) < 4.78 is 13.3. The fourth-order valence-corrected chi connectivity index (χ4v) is 3.12. The Morgan fingerprint density at radius 1 is 1.20 bits per heavy atom. The van der Waals surface area contributed by atoms with Crippen LogP contribution in [0.25, 0.3) is 20.7 Å². The average Bonchev–Trinajstić information content (AvgIpc) is 2.88. The van der Waals surface area contributed by atoms with Gasteiger partial charge in [0.2, 0.25) is 0 Å². The predicted octanol–water partition coefficient (Wildman–Crippen LogP) is 2.39. The maximum absolute atomic E-state index is 12.4. The summed E-state index contributed by atoms with van der Waals surface area (Å²) in [7, 11) is 0. The Balaban J connectivity index is 2.24. The molecule has 0 radical (unpaired) electrons. The Morgan fingerprint density at radius 3 is 2.65 bits per heavy atom. The number of thiophene rings is 1. The molecule has 6 heteroatoms. The number of hydrogen-bond donors (Lipinski definition) is 1. The first-order chi connectivity index (χ1) is 9.70. The van der Waals surface area contributed by atoms with Crippen LogP contribution in [0.5, 0.6) is 0 Å². The number of hydrogen-bond acceptors (Lipinski definition) is 3. The van der Waals surface area contributed by atoms with E-state index in [1.165, 1.54) is 11.3 Å². The molecular formula is C14H11FN2O2S. The van der Waals surface area contributed by atoms with Crippen molar-refractivity contribution < 1.29 is 4.39 Å². The van der Waals surface area contributed by atoms with Gasteiger partial charge in [0.1, 0.15) is 11.5 Å². The second-order valence-electron chi connectivity index (χ2n) is 4.30. The highest BCUT2D eigenvalue weighted by Gasteiger charge is 2.11. The Hall–Kier alpha value is -2.21. The van der Waals surface area contributed by atoms with Gasteiger partial charge in [-0.05, 0) is 11.6 Å². The van der Waals surface area contributed by atoms with Gasteiger partial charge in [-0.1, -0.05) is 30.3 Å². The van der Waals surface area contributed by atoms with Gasteiger partial charge < -0.3 is 0 Å². The van der Waals surface area contributed by atoms with Crippen LogP contribution in [0.15, 0.2) is 46.0 Å². The maximum atomic E-state index is 12.4. The zero-order valence-corrected chi connectivity index (χ0v) is 11.2. The number of halogens is 1. The van der Waals surface area contributed by atoms with E-state index in [1.807, 2.05) is 30.3 Å². The number of benzene rings is 1. The maximum Gasteiger partial charge on any atom is 0.329 e. The average molecular weight is 290 g/mol. The van der Waals surface area contributed by atoms with Gasteiger partial charge in [-0.25, -0.2) is 9.18 Å². The van der Waals surface area contributed by atoms with Gasteiger partial charge in [0.15, 0.2) is 0 Å². The van der Waals surface area contributed by atoms with Crippen molar-refractivity contribution in [3.63, 3.8) is 0 Å². The number of H-pyrrole nitrogens is 1. The van der Waals surface area contributed by atoms with Crippen LogP contribution in [0.4, 0.5) is 4.39 Å². The molecular weight excluding hydrogens is 279 g/mol. The molecule has 0 aliphatic rings. The van der Waals surface area contributed by atoms with Crippen LogP contribution in [-0.2, 0) is 6.54 Å². The first-order valence-corrected chi connectivity index (χ1v) is 6.90. The van der Waals surface area contributed by atoms with Crippen molar-refractivity contribution in [2.45, 2.75) is 6.54 Å². The summed E-state index contributed by atoms with van der Waals surface area (Å²) in [5, 5.41) is 0.418. The van der Waals surface area contributed by atoms with E-state index < -0.39 is 17.9 Å². The molecule has 0 aliphatic carbocycles. The topological polar surface area (TPSA) is 54.9 Å². The number of nitrogens with zero attached hydrogens (tertiary/aromatic N) is 1. The van der Waals surface area contributed by atoms with Crippen molar-refractivity contribution in [1.82, 2.24) is 9.55 Å². The van der Waals surface area contributed by atoms with Crippen LogP contribution in [0.3, 0.4) is 0 Å². The normalized spacial score (nSPS) is 11.1. The van der Waals surface area contributed by atoms with Gasteiger partial charge in [0.25, 0.3) is 5.56 Å². The molecule has 4 nitrogen and oxygen atoms in total. The molecule has 2 heterocycles. The molecule has 0 saturated heterocycles. The van der Waals surface area contributed by atoms with Crippen molar-refractivity contribution in [3.8, 4) is 10.4 Å². The van der Waals surface area contributed by atoms with Crippen molar-refractivity contribution in [2.75, 3.05) is 6.67 Å². The molecule has 3 rings (SSSR count). The monoisotopic (exact) mass is 290 g/mol. The highest BCUT2D eigenvalue weighted by Crippen LogP contribution is 2.30. The lowest BCUT2D eigenvalue weighted by atomic mass is 10.2. The van der Waals surface area contributed by atoms with Gasteiger partial charge in [-0.2, -0.15) is 0 Å². The van der Waals surface area contributed by atoms with Crippen LogP contribution in [-0.4, -0.2) is 16.2 Å². The standard InChI is InChI=1S/C14H11FN2O2S/c15-6-7-17-13(18)10-8-11(9-4-2-1-3-5-9)20-12(10)16-14(17)19/h1-5,8H,6-7H2,(H,16,19). The molecule has 0 amide bonds. The van der Waals surface area contributed by atoms with Gasteiger partial charge in [0, 0.05) is 4.88 Å². The third kappa shape index (κ3) is 2.08. The molecule has 0 atom stereocenters. The molecule has 102 valence electrons. The smallest absolute Gasteiger partial charge is 0.298 e. The van der Waals surface area contributed by atoms with Crippen LogP contribution in [0.2, 0.25) is 0 Å². The van der Waals surface area contributed by atoms with E-state index in [0.29, 0.717) is 10.2 Å². The quantitative estimate of drug-likeness (QED) is 0.805. The summed E-state index contributed by atoms with van der Waals surface area (Å²) in [6.07, 6.45) is 0. The fourth-order valence-electron chi connectivity index (χ4n) is 2.08. The Bertz CT molecular complexity index is 864. The molecule has 0 saturated carbocycles. The molecule has 1 aromatic carbocycles. The summed E-state index contributed by atoms with van der Waals surface area (Å²) >= 11 is 1.34. The number of aromatic nitrogens is 2. The van der Waals surface area contributed by atoms with Gasteiger partial charge in [0.05, 0.1) is 11.9 Å². The van der Waals surface area contributed by atoms with E-state index in [9.17, 15) is 14.0 Å². The van der Waals surface area contributed by atoms with E-state index in [2.05, 4.69) is 4.98 Å². The molecule has 0 fully saturated rings. The van der Waals surface area contributed by atoms with Crippen LogP contribution in [0.1, 0.15) is 0 Å². The molecule has 1 N–H and O–H groups in total. The number of fused-ring (bicyclic) bond motifs is 1. The molecule has 0 unspecified atom stereocenters. The Labute approximate surface area is 117 Å². The summed E-state index contributed by atoms with van der Waals surface area (Å²) in [5.74, 6) is 0. The predicted molar refractivity (Wildman–Crippen MR) is 78.1 cm³/mol. The second-order valence-corrected chi connectivity index (χ2v) is 5.35. The van der Waals surface area contributed by atoms with E-state index in [4.69, 9.17) is 0 Å². The Kier molecular flexibility index (Phi) is 3.23. The number of rotatable bonds is 3. The highest BCUT2D eigenvalue weighted by atomic mass is 32.1. The third-order valence-electron chi connectivity index (χ3n) is 3.04. The third-order valence-corrected chi connectivity index (χ3v) is 4.14.